The van der Waals surface area contributed by atoms with Gasteiger partial charge in [0, 0.05) is 6.04 Å². The lowest BCUT2D eigenvalue weighted by atomic mass is 9.67. The number of aryl methyl sites for hydroxylation is 1. The first-order chi connectivity index (χ1) is 12.1. The second kappa shape index (κ2) is 6.66. The highest BCUT2D eigenvalue weighted by molar-refractivity contribution is 5.98. The Kier molecular flexibility index (Phi) is 4.36. The number of aromatic nitrogens is 1. The van der Waals surface area contributed by atoms with Crippen LogP contribution in [0.3, 0.4) is 0 Å². The maximum atomic E-state index is 12.9. The summed E-state index contributed by atoms with van der Waals surface area (Å²) in [6.45, 7) is 4.25. The Morgan fingerprint density at radius 2 is 1.76 bits per heavy atom. The van der Waals surface area contributed by atoms with Crippen LogP contribution in [0.4, 0.5) is 0 Å². The first-order valence-corrected chi connectivity index (χ1v) is 9.42. The average molecular weight is 338 g/mol. The molecule has 132 valence electrons. The summed E-state index contributed by atoms with van der Waals surface area (Å²) >= 11 is 0. The molecule has 2 aliphatic rings. The summed E-state index contributed by atoms with van der Waals surface area (Å²) < 4.78 is 5.40. The van der Waals surface area contributed by atoms with Crippen molar-refractivity contribution in [2.45, 2.75) is 52.0 Å². The second-order valence-electron chi connectivity index (χ2n) is 8.02. The fourth-order valence-corrected chi connectivity index (χ4v) is 5.02. The van der Waals surface area contributed by atoms with E-state index in [4.69, 9.17) is 4.52 Å². The third-order valence-corrected chi connectivity index (χ3v) is 5.84. The molecule has 4 nitrogen and oxygen atoms in total. The van der Waals surface area contributed by atoms with Gasteiger partial charge in [0.1, 0.15) is 0 Å². The maximum absolute atomic E-state index is 12.9. The number of amides is 1. The van der Waals surface area contributed by atoms with E-state index in [0.717, 1.165) is 47.4 Å². The molecule has 2 aliphatic carbocycles. The molecule has 4 rings (SSSR count). The van der Waals surface area contributed by atoms with Crippen LogP contribution in [0.1, 0.15) is 55.3 Å². The maximum Gasteiger partial charge on any atom is 0.290 e. The van der Waals surface area contributed by atoms with E-state index in [1.165, 1.54) is 19.3 Å². The van der Waals surface area contributed by atoms with Gasteiger partial charge in [-0.1, -0.05) is 42.4 Å². The van der Waals surface area contributed by atoms with Crippen molar-refractivity contribution >= 4 is 5.91 Å². The summed E-state index contributed by atoms with van der Waals surface area (Å²) in [6, 6.07) is 10.1. The number of carbonyl (C=O) groups excluding carboxylic acids is 1. The van der Waals surface area contributed by atoms with Gasteiger partial charge in [-0.05, 0) is 62.3 Å². The molecule has 1 N–H and O–H groups in total. The molecule has 0 spiro atoms. The minimum Gasteiger partial charge on any atom is -0.350 e. The molecule has 2 aromatic rings. The van der Waals surface area contributed by atoms with Gasteiger partial charge in [0.05, 0.1) is 11.3 Å². The summed E-state index contributed by atoms with van der Waals surface area (Å²) in [5.41, 5.74) is 2.54. The lowest BCUT2D eigenvalue weighted by molar-refractivity contribution is 0.0809. The quantitative estimate of drug-likeness (QED) is 0.890. The van der Waals surface area contributed by atoms with E-state index in [2.05, 4.69) is 17.4 Å². The molecular formula is C21H26N2O2. The van der Waals surface area contributed by atoms with Gasteiger partial charge in [-0.3, -0.25) is 4.79 Å². The van der Waals surface area contributed by atoms with Crippen molar-refractivity contribution in [1.29, 1.82) is 0 Å². The zero-order chi connectivity index (χ0) is 17.4. The highest BCUT2D eigenvalue weighted by atomic mass is 16.5. The van der Waals surface area contributed by atoms with Crippen molar-refractivity contribution in [3.8, 4) is 11.1 Å². The highest BCUT2D eigenvalue weighted by Crippen LogP contribution is 2.42. The van der Waals surface area contributed by atoms with Gasteiger partial charge in [-0.2, -0.15) is 0 Å². The van der Waals surface area contributed by atoms with Crippen LogP contribution >= 0.6 is 0 Å². The van der Waals surface area contributed by atoms with E-state index in [1.54, 1.807) is 0 Å². The van der Waals surface area contributed by atoms with Crippen LogP contribution in [-0.4, -0.2) is 17.1 Å². The molecule has 1 amide bonds. The summed E-state index contributed by atoms with van der Waals surface area (Å²) in [7, 11) is 0. The number of fused-ring (bicyclic) bond motifs is 2. The van der Waals surface area contributed by atoms with Crippen molar-refractivity contribution in [3.63, 3.8) is 0 Å². The molecule has 2 bridgehead atoms. The van der Waals surface area contributed by atoms with Crippen molar-refractivity contribution < 1.29 is 9.32 Å². The van der Waals surface area contributed by atoms with Gasteiger partial charge in [0.25, 0.3) is 5.91 Å². The topological polar surface area (TPSA) is 55.1 Å². The van der Waals surface area contributed by atoms with Gasteiger partial charge in [0.15, 0.2) is 0 Å². The Morgan fingerprint density at radius 3 is 2.44 bits per heavy atom. The predicted octanol–water partition coefficient (Wildman–Crippen LogP) is 4.59. The Balaban J connectivity index is 1.51. The standard InChI is InChI=1S/C21H26N2O2/c1-13-8-15-10-16(9-13)12-18(11-15)22-21(24)20-19(14(2)23-25-20)17-6-4-3-5-7-17/h3-7,13,15-16,18H,8-12H2,1-2H3,(H,22,24). The molecule has 4 heteroatoms. The lowest BCUT2D eigenvalue weighted by Crippen LogP contribution is -2.43. The van der Waals surface area contributed by atoms with Crippen LogP contribution < -0.4 is 5.32 Å². The van der Waals surface area contributed by atoms with E-state index in [9.17, 15) is 4.79 Å². The van der Waals surface area contributed by atoms with Crippen molar-refractivity contribution in [1.82, 2.24) is 10.5 Å². The molecule has 1 heterocycles. The van der Waals surface area contributed by atoms with Gasteiger partial charge in [-0.15, -0.1) is 0 Å². The number of nitrogens with one attached hydrogen (secondary N) is 1. The van der Waals surface area contributed by atoms with Gasteiger partial charge in [-0.25, -0.2) is 0 Å². The van der Waals surface area contributed by atoms with Crippen LogP contribution in [-0.2, 0) is 0 Å². The first-order valence-electron chi connectivity index (χ1n) is 9.42. The van der Waals surface area contributed by atoms with Crippen LogP contribution in [0, 0.1) is 24.7 Å². The number of hydrogen-bond acceptors (Lipinski definition) is 3. The van der Waals surface area contributed by atoms with Crippen LogP contribution in [0.25, 0.3) is 11.1 Å². The Hall–Kier alpha value is -2.10. The van der Waals surface area contributed by atoms with Crippen molar-refractivity contribution in [3.05, 3.63) is 41.8 Å². The Bertz CT molecular complexity index is 735. The third kappa shape index (κ3) is 3.35. The fourth-order valence-electron chi connectivity index (χ4n) is 5.02. The van der Waals surface area contributed by atoms with Crippen LogP contribution in [0.5, 0.6) is 0 Å². The van der Waals surface area contributed by atoms with Gasteiger partial charge < -0.3 is 9.84 Å². The normalized spacial score (nSPS) is 28.6. The second-order valence-corrected chi connectivity index (χ2v) is 8.02. The lowest BCUT2D eigenvalue weighted by Gasteiger charge is -2.41. The van der Waals surface area contributed by atoms with Crippen LogP contribution in [0.15, 0.2) is 34.9 Å². The molecular weight excluding hydrogens is 312 g/mol. The molecule has 0 aliphatic heterocycles. The van der Waals surface area contributed by atoms with Crippen LogP contribution in [0.2, 0.25) is 0 Å². The number of benzene rings is 1. The highest BCUT2D eigenvalue weighted by Gasteiger charge is 2.36. The predicted molar refractivity (Wildman–Crippen MR) is 97.2 cm³/mol. The molecule has 2 saturated carbocycles. The first kappa shape index (κ1) is 16.4. The molecule has 1 aromatic heterocycles. The summed E-state index contributed by atoms with van der Waals surface area (Å²) in [5, 5.41) is 7.27. The molecule has 1 aromatic carbocycles. The summed E-state index contributed by atoms with van der Waals surface area (Å²) in [4.78, 5) is 12.9. The molecule has 2 atom stereocenters. The Labute approximate surface area is 149 Å². The number of hydrogen-bond donors (Lipinski definition) is 1. The Morgan fingerprint density at radius 1 is 1.08 bits per heavy atom. The third-order valence-electron chi connectivity index (χ3n) is 5.84. The van der Waals surface area contributed by atoms with Gasteiger partial charge in [0.2, 0.25) is 5.76 Å². The fraction of sp³-hybridized carbons (Fsp3) is 0.524. The zero-order valence-corrected chi connectivity index (χ0v) is 15.0. The van der Waals surface area contributed by atoms with Crippen molar-refractivity contribution in [2.24, 2.45) is 17.8 Å². The smallest absolute Gasteiger partial charge is 0.290 e. The van der Waals surface area contributed by atoms with E-state index >= 15 is 0 Å². The molecule has 0 radical (unpaired) electrons. The molecule has 2 unspecified atom stereocenters. The molecule has 0 saturated heterocycles. The van der Waals surface area contributed by atoms with E-state index in [-0.39, 0.29) is 11.9 Å². The number of carbonyl (C=O) groups is 1. The average Bonchev–Trinajstić information content (AvgIpc) is 2.96. The van der Waals surface area contributed by atoms with E-state index in [1.807, 2.05) is 37.3 Å². The van der Waals surface area contributed by atoms with Crippen molar-refractivity contribution in [2.75, 3.05) is 0 Å². The SMILES string of the molecule is Cc1noc(C(=O)NC2CC3CC(C)CC(C3)C2)c1-c1ccccc1. The number of nitrogens with zero attached hydrogens (tertiary/aromatic N) is 1. The molecule has 2 fully saturated rings. The minimum atomic E-state index is -0.127. The summed E-state index contributed by atoms with van der Waals surface area (Å²) in [5.74, 6) is 2.57. The minimum absolute atomic E-state index is 0.127. The van der Waals surface area contributed by atoms with E-state index < -0.39 is 0 Å². The van der Waals surface area contributed by atoms with E-state index in [0.29, 0.717) is 5.76 Å². The summed E-state index contributed by atoms with van der Waals surface area (Å²) in [6.07, 6.45) is 6.15. The monoisotopic (exact) mass is 338 g/mol. The number of rotatable bonds is 3. The van der Waals surface area contributed by atoms with Gasteiger partial charge >= 0.3 is 0 Å². The zero-order valence-electron chi connectivity index (χ0n) is 15.0. The largest absolute Gasteiger partial charge is 0.350 e. The molecule has 25 heavy (non-hydrogen) atoms.